The van der Waals surface area contributed by atoms with Crippen LogP contribution in [-0.4, -0.2) is 26.1 Å². The van der Waals surface area contributed by atoms with Crippen molar-refractivity contribution in [1.29, 1.82) is 0 Å². The topological polar surface area (TPSA) is 80.9 Å². The highest BCUT2D eigenvalue weighted by Crippen LogP contribution is 2.26. The average Bonchev–Trinajstić information content (AvgIpc) is 3.41. The molecule has 5 rings (SSSR count). The molecule has 0 unspecified atom stereocenters. The van der Waals surface area contributed by atoms with E-state index in [4.69, 9.17) is 4.42 Å². The van der Waals surface area contributed by atoms with Gasteiger partial charge in [-0.3, -0.25) is 14.2 Å². The molecular weight excluding hydrogens is 410 g/mol. The lowest BCUT2D eigenvalue weighted by Crippen LogP contribution is -2.24. The number of hydrogen-bond donors (Lipinski definition) is 1. The molecule has 0 bridgehead atoms. The van der Waals surface area contributed by atoms with Crippen LogP contribution in [0.5, 0.6) is 0 Å². The molecule has 6 nitrogen and oxygen atoms in total. The lowest BCUT2D eigenvalue weighted by Gasteiger charge is -2.12. The number of thioether (sulfide) groups is 1. The predicted octanol–water partition coefficient (Wildman–Crippen LogP) is 4.80. The van der Waals surface area contributed by atoms with Crippen LogP contribution in [0.25, 0.3) is 21.8 Å². The molecule has 5 aromatic rings. The lowest BCUT2D eigenvalue weighted by atomic mass is 10.1. The Hall–Kier alpha value is -3.58. The molecule has 0 spiro atoms. The smallest absolute Gasteiger partial charge is 0.262 e. The molecule has 2 aromatic carbocycles. The molecule has 0 atom stereocenters. The molecule has 0 aliphatic carbocycles. The van der Waals surface area contributed by atoms with Crippen molar-refractivity contribution in [2.24, 2.45) is 0 Å². The van der Waals surface area contributed by atoms with Crippen LogP contribution in [0.3, 0.4) is 0 Å². The van der Waals surface area contributed by atoms with Gasteiger partial charge in [0.1, 0.15) is 5.76 Å². The van der Waals surface area contributed by atoms with Crippen molar-refractivity contribution < 1.29 is 9.21 Å². The second kappa shape index (κ2) is 7.92. The number of H-pyrrole nitrogens is 1. The number of fused-ring (bicyclic) bond motifs is 2. The molecule has 3 heterocycles. The Kier molecular flexibility index (Phi) is 4.95. The van der Waals surface area contributed by atoms with E-state index in [2.05, 4.69) is 9.97 Å². The highest BCUT2D eigenvalue weighted by Gasteiger charge is 2.19. The summed E-state index contributed by atoms with van der Waals surface area (Å²) in [5.41, 5.74) is 2.92. The van der Waals surface area contributed by atoms with Crippen molar-refractivity contribution in [3.8, 4) is 0 Å². The molecule has 0 fully saturated rings. The third-order valence-electron chi connectivity index (χ3n) is 5.23. The van der Waals surface area contributed by atoms with Crippen molar-refractivity contribution >= 4 is 39.4 Å². The lowest BCUT2D eigenvalue weighted by molar-refractivity contribution is 0.102. The summed E-state index contributed by atoms with van der Waals surface area (Å²) in [5, 5.41) is 1.94. The zero-order valence-electron chi connectivity index (χ0n) is 16.8. The number of aryl methyl sites for hydroxylation is 1. The number of Topliss-reactive ketones (excluding diaryl/α,β-unsaturated/α-hetero) is 1. The number of hydrogen-bond acceptors (Lipinski definition) is 5. The second-order valence-electron chi connectivity index (χ2n) is 7.26. The second-order valence-corrected chi connectivity index (χ2v) is 8.21. The number of nitrogens with zero attached hydrogens (tertiary/aromatic N) is 2. The number of benzene rings is 2. The zero-order valence-corrected chi connectivity index (χ0v) is 17.6. The van der Waals surface area contributed by atoms with Crippen LogP contribution in [0.4, 0.5) is 0 Å². The first-order chi connectivity index (χ1) is 15.1. The number of para-hydroxylation sites is 2. The third kappa shape index (κ3) is 3.57. The molecular formula is C24H19N3O3S. The van der Waals surface area contributed by atoms with Crippen LogP contribution in [-0.2, 0) is 6.54 Å². The summed E-state index contributed by atoms with van der Waals surface area (Å²) in [4.78, 5) is 34.2. The number of ketones is 1. The molecule has 7 heteroatoms. The molecule has 0 radical (unpaired) electrons. The first-order valence-corrected chi connectivity index (χ1v) is 10.9. The maximum atomic E-state index is 13.2. The van der Waals surface area contributed by atoms with Crippen molar-refractivity contribution in [2.75, 3.05) is 5.75 Å². The van der Waals surface area contributed by atoms with Gasteiger partial charge in [-0.15, -0.1) is 0 Å². The Bertz CT molecular complexity index is 1470. The highest BCUT2D eigenvalue weighted by molar-refractivity contribution is 7.99. The molecule has 0 aliphatic heterocycles. The molecule has 0 saturated carbocycles. The van der Waals surface area contributed by atoms with E-state index in [-0.39, 0.29) is 23.6 Å². The van der Waals surface area contributed by atoms with Gasteiger partial charge in [-0.05, 0) is 37.3 Å². The zero-order chi connectivity index (χ0) is 21.4. The standard InChI is InChI=1S/C24H19N3O3S/c1-15-22(17-8-2-4-10-19(17)25-15)21(28)14-31-24-26-20-11-5-3-9-18(20)23(29)27(24)13-16-7-6-12-30-16/h2-12,25H,13-14H2,1H3. The van der Waals surface area contributed by atoms with Crippen LogP contribution in [0, 0.1) is 6.92 Å². The average molecular weight is 430 g/mol. The molecule has 154 valence electrons. The van der Waals surface area contributed by atoms with Gasteiger partial charge in [0.25, 0.3) is 5.56 Å². The quantitative estimate of drug-likeness (QED) is 0.238. The number of aromatic nitrogens is 3. The minimum absolute atomic E-state index is 0.00749. The SMILES string of the molecule is Cc1[nH]c2ccccc2c1C(=O)CSc1nc2ccccc2c(=O)n1Cc1ccco1. The van der Waals surface area contributed by atoms with Crippen LogP contribution < -0.4 is 5.56 Å². The highest BCUT2D eigenvalue weighted by atomic mass is 32.2. The molecule has 0 amide bonds. The van der Waals surface area contributed by atoms with Crippen molar-refractivity contribution in [2.45, 2.75) is 18.6 Å². The summed E-state index contributed by atoms with van der Waals surface area (Å²) in [6.45, 7) is 2.16. The fraction of sp³-hybridized carbons (Fsp3) is 0.125. The minimum atomic E-state index is -0.153. The van der Waals surface area contributed by atoms with Gasteiger partial charge in [-0.1, -0.05) is 42.1 Å². The Morgan fingerprint density at radius 2 is 1.84 bits per heavy atom. The summed E-state index contributed by atoms with van der Waals surface area (Å²) in [5.74, 6) is 0.817. The van der Waals surface area contributed by atoms with Gasteiger partial charge >= 0.3 is 0 Å². The number of furan rings is 1. The summed E-state index contributed by atoms with van der Waals surface area (Å²) in [6, 6.07) is 18.6. The molecule has 1 N–H and O–H groups in total. The van der Waals surface area contributed by atoms with E-state index in [1.165, 1.54) is 11.8 Å². The monoisotopic (exact) mass is 429 g/mol. The number of carbonyl (C=O) groups is 1. The van der Waals surface area contributed by atoms with E-state index < -0.39 is 0 Å². The van der Waals surface area contributed by atoms with E-state index in [0.29, 0.717) is 27.4 Å². The number of nitrogens with one attached hydrogen (secondary N) is 1. The van der Waals surface area contributed by atoms with Gasteiger partial charge in [0.05, 0.1) is 29.5 Å². The van der Waals surface area contributed by atoms with E-state index in [1.807, 2.05) is 55.5 Å². The minimum Gasteiger partial charge on any atom is -0.467 e. The Balaban J connectivity index is 1.51. The molecule has 0 aliphatic rings. The first-order valence-electron chi connectivity index (χ1n) is 9.87. The number of carbonyl (C=O) groups excluding carboxylic acids is 1. The summed E-state index contributed by atoms with van der Waals surface area (Å²) < 4.78 is 7.01. The maximum absolute atomic E-state index is 13.2. The Morgan fingerprint density at radius 1 is 1.06 bits per heavy atom. The van der Waals surface area contributed by atoms with Crippen LogP contribution >= 0.6 is 11.8 Å². The molecule has 3 aromatic heterocycles. The van der Waals surface area contributed by atoms with Crippen molar-refractivity contribution in [3.05, 3.63) is 94.3 Å². The maximum Gasteiger partial charge on any atom is 0.262 e. The van der Waals surface area contributed by atoms with Crippen molar-refractivity contribution in [3.63, 3.8) is 0 Å². The van der Waals surface area contributed by atoms with Gasteiger partial charge in [-0.25, -0.2) is 4.98 Å². The Morgan fingerprint density at radius 3 is 2.65 bits per heavy atom. The van der Waals surface area contributed by atoms with Gasteiger partial charge in [-0.2, -0.15) is 0 Å². The summed E-state index contributed by atoms with van der Waals surface area (Å²) >= 11 is 1.27. The van der Waals surface area contributed by atoms with Gasteiger partial charge in [0, 0.05) is 22.2 Å². The number of aromatic amines is 1. The summed E-state index contributed by atoms with van der Waals surface area (Å²) in [6.07, 6.45) is 1.57. The van der Waals surface area contributed by atoms with Crippen LogP contribution in [0.15, 0.2) is 81.3 Å². The molecule has 0 saturated heterocycles. The largest absolute Gasteiger partial charge is 0.467 e. The summed E-state index contributed by atoms with van der Waals surface area (Å²) in [7, 11) is 0. The fourth-order valence-corrected chi connectivity index (χ4v) is 4.66. The van der Waals surface area contributed by atoms with Crippen LogP contribution in [0.1, 0.15) is 21.8 Å². The van der Waals surface area contributed by atoms with Gasteiger partial charge in [0.15, 0.2) is 10.9 Å². The van der Waals surface area contributed by atoms with Crippen LogP contribution in [0.2, 0.25) is 0 Å². The van der Waals surface area contributed by atoms with Gasteiger partial charge in [0.2, 0.25) is 0 Å². The van der Waals surface area contributed by atoms with E-state index >= 15 is 0 Å². The van der Waals surface area contributed by atoms with Gasteiger partial charge < -0.3 is 9.40 Å². The predicted molar refractivity (Wildman–Crippen MR) is 122 cm³/mol. The number of rotatable bonds is 6. The molecule has 31 heavy (non-hydrogen) atoms. The van der Waals surface area contributed by atoms with E-state index in [9.17, 15) is 9.59 Å². The van der Waals surface area contributed by atoms with E-state index in [1.54, 1.807) is 23.0 Å². The van der Waals surface area contributed by atoms with E-state index in [0.717, 1.165) is 16.6 Å². The Labute approximate surface area is 181 Å². The third-order valence-corrected chi connectivity index (χ3v) is 6.20. The first kappa shape index (κ1) is 19.4. The fourth-order valence-electron chi connectivity index (χ4n) is 3.79. The normalized spacial score (nSPS) is 11.4. The van der Waals surface area contributed by atoms with Crippen molar-refractivity contribution in [1.82, 2.24) is 14.5 Å².